The van der Waals surface area contributed by atoms with Crippen LogP contribution in [0.1, 0.15) is 45.5 Å². The summed E-state index contributed by atoms with van der Waals surface area (Å²) in [5.74, 6) is 1.30. The number of thiophene rings is 1. The molecule has 3 aromatic rings. The van der Waals surface area contributed by atoms with Crippen LogP contribution in [0.5, 0.6) is 0 Å². The molecule has 0 saturated carbocycles. The highest BCUT2D eigenvalue weighted by Crippen LogP contribution is 2.38. The average molecular weight is 398 g/mol. The van der Waals surface area contributed by atoms with E-state index in [1.165, 1.54) is 11.3 Å². The van der Waals surface area contributed by atoms with Crippen molar-refractivity contribution in [3.8, 4) is 11.3 Å². The van der Waals surface area contributed by atoms with Gasteiger partial charge in [-0.1, -0.05) is 5.16 Å². The van der Waals surface area contributed by atoms with Crippen molar-refractivity contribution in [1.82, 2.24) is 20.0 Å². The number of hydrogen-bond acceptors (Lipinski definition) is 7. The van der Waals surface area contributed by atoms with E-state index < -0.39 is 0 Å². The third-order valence-corrected chi connectivity index (χ3v) is 5.91. The molecule has 1 atom stereocenters. The molecular formula is C20H23N5O2S. The van der Waals surface area contributed by atoms with Gasteiger partial charge in [0.05, 0.1) is 27.9 Å². The number of likely N-dealkylation sites (tertiary alicyclic amines) is 1. The maximum Gasteiger partial charge on any atom is 0.264 e. The number of aromatic nitrogens is 3. The average Bonchev–Trinajstić information content (AvgIpc) is 3.41. The van der Waals surface area contributed by atoms with E-state index in [9.17, 15) is 4.79 Å². The lowest BCUT2D eigenvalue weighted by molar-refractivity contribution is 0.0738. The number of carbonyl (C=O) groups excluding carboxylic acids is 1. The van der Waals surface area contributed by atoms with Gasteiger partial charge in [-0.3, -0.25) is 4.79 Å². The van der Waals surface area contributed by atoms with Gasteiger partial charge in [0, 0.05) is 32.9 Å². The highest BCUT2D eigenvalue weighted by atomic mass is 32.1. The van der Waals surface area contributed by atoms with Gasteiger partial charge in [-0.25, -0.2) is 9.97 Å². The minimum atomic E-state index is -0.114. The molecule has 146 valence electrons. The van der Waals surface area contributed by atoms with Crippen molar-refractivity contribution < 1.29 is 9.32 Å². The van der Waals surface area contributed by atoms with Gasteiger partial charge in [0.1, 0.15) is 0 Å². The van der Waals surface area contributed by atoms with E-state index in [-0.39, 0.29) is 11.9 Å². The smallest absolute Gasteiger partial charge is 0.264 e. The summed E-state index contributed by atoms with van der Waals surface area (Å²) < 4.78 is 5.49. The number of amides is 1. The molecule has 0 spiro atoms. The molecule has 8 heteroatoms. The Labute approximate surface area is 168 Å². The van der Waals surface area contributed by atoms with E-state index in [2.05, 4.69) is 10.1 Å². The molecule has 1 fully saturated rings. The van der Waals surface area contributed by atoms with Crippen LogP contribution in [-0.4, -0.2) is 46.6 Å². The van der Waals surface area contributed by atoms with E-state index in [1.54, 1.807) is 6.20 Å². The van der Waals surface area contributed by atoms with Crippen molar-refractivity contribution in [2.45, 2.75) is 32.7 Å². The lowest BCUT2D eigenvalue weighted by atomic mass is 10.0. The Morgan fingerprint density at radius 1 is 1.32 bits per heavy atom. The number of hydrogen-bond donors (Lipinski definition) is 0. The first kappa shape index (κ1) is 18.6. The number of rotatable bonds is 4. The third kappa shape index (κ3) is 3.40. The topological polar surface area (TPSA) is 75.4 Å². The summed E-state index contributed by atoms with van der Waals surface area (Å²) in [4.78, 5) is 27.0. The van der Waals surface area contributed by atoms with E-state index >= 15 is 0 Å². The Kier molecular flexibility index (Phi) is 4.89. The van der Waals surface area contributed by atoms with Crippen molar-refractivity contribution in [1.29, 1.82) is 0 Å². The van der Waals surface area contributed by atoms with E-state index in [0.717, 1.165) is 46.8 Å². The van der Waals surface area contributed by atoms with E-state index in [0.29, 0.717) is 11.7 Å². The summed E-state index contributed by atoms with van der Waals surface area (Å²) in [7, 11) is 3.81. The van der Waals surface area contributed by atoms with Crippen LogP contribution < -0.4 is 4.90 Å². The molecular weight excluding hydrogens is 374 g/mol. The fraction of sp³-hybridized carbons (Fsp3) is 0.400. The molecule has 0 unspecified atom stereocenters. The molecule has 4 heterocycles. The summed E-state index contributed by atoms with van der Waals surface area (Å²) in [5.41, 5.74) is 3.51. The molecule has 1 amide bonds. The first-order valence-corrected chi connectivity index (χ1v) is 10.2. The summed E-state index contributed by atoms with van der Waals surface area (Å²) in [6.07, 6.45) is 3.57. The lowest BCUT2D eigenvalue weighted by Gasteiger charge is -2.26. The Hall–Kier alpha value is -2.74. The predicted molar refractivity (Wildman–Crippen MR) is 109 cm³/mol. The van der Waals surface area contributed by atoms with E-state index in [4.69, 9.17) is 9.51 Å². The van der Waals surface area contributed by atoms with Gasteiger partial charge >= 0.3 is 0 Å². The van der Waals surface area contributed by atoms with Gasteiger partial charge in [-0.05, 0) is 43.7 Å². The number of aryl methyl sites for hydroxylation is 2. The van der Waals surface area contributed by atoms with Gasteiger partial charge in [-0.15, -0.1) is 11.3 Å². The van der Waals surface area contributed by atoms with Gasteiger partial charge in [0.15, 0.2) is 5.76 Å². The maximum atomic E-state index is 13.2. The zero-order valence-corrected chi connectivity index (χ0v) is 17.3. The fourth-order valence-electron chi connectivity index (χ4n) is 3.51. The molecule has 0 radical (unpaired) electrons. The minimum Gasteiger partial charge on any atom is -0.356 e. The highest BCUT2D eigenvalue weighted by molar-refractivity contribution is 7.12. The van der Waals surface area contributed by atoms with Crippen LogP contribution in [0.2, 0.25) is 0 Å². The van der Waals surface area contributed by atoms with Crippen LogP contribution in [0.4, 0.5) is 5.95 Å². The second kappa shape index (κ2) is 7.35. The predicted octanol–water partition coefficient (Wildman–Crippen LogP) is 3.85. The zero-order valence-electron chi connectivity index (χ0n) is 16.5. The van der Waals surface area contributed by atoms with Crippen LogP contribution >= 0.6 is 11.3 Å². The normalized spacial score (nSPS) is 16.6. The highest BCUT2D eigenvalue weighted by Gasteiger charge is 2.35. The number of carbonyl (C=O) groups is 1. The Morgan fingerprint density at radius 2 is 2.14 bits per heavy atom. The molecule has 1 aliphatic heterocycles. The first-order chi connectivity index (χ1) is 13.4. The van der Waals surface area contributed by atoms with Crippen LogP contribution in [-0.2, 0) is 0 Å². The summed E-state index contributed by atoms with van der Waals surface area (Å²) >= 11 is 1.49. The fourth-order valence-corrected chi connectivity index (χ4v) is 4.37. The zero-order chi connectivity index (χ0) is 19.8. The van der Waals surface area contributed by atoms with Gasteiger partial charge in [-0.2, -0.15) is 0 Å². The molecule has 1 aliphatic rings. The third-order valence-electron chi connectivity index (χ3n) is 4.87. The molecule has 1 saturated heterocycles. The lowest BCUT2D eigenvalue weighted by Crippen LogP contribution is -2.31. The van der Waals surface area contributed by atoms with Gasteiger partial charge in [0.25, 0.3) is 5.91 Å². The second-order valence-electron chi connectivity index (χ2n) is 7.34. The molecule has 7 nitrogen and oxygen atoms in total. The SMILES string of the molecule is Cc1csc(C(=O)N2CCC[C@H]2c2nc(N(C)C)ncc2-c2cc(C)no2)c1. The van der Waals surface area contributed by atoms with Crippen LogP contribution in [0.15, 0.2) is 28.2 Å². The molecule has 28 heavy (non-hydrogen) atoms. The van der Waals surface area contributed by atoms with Crippen LogP contribution in [0.25, 0.3) is 11.3 Å². The molecule has 0 bridgehead atoms. The van der Waals surface area contributed by atoms with Crippen LogP contribution in [0, 0.1) is 13.8 Å². The maximum absolute atomic E-state index is 13.2. The first-order valence-electron chi connectivity index (χ1n) is 9.28. The Morgan fingerprint density at radius 3 is 2.79 bits per heavy atom. The van der Waals surface area contributed by atoms with Gasteiger partial charge < -0.3 is 14.3 Å². The van der Waals surface area contributed by atoms with Gasteiger partial charge in [0.2, 0.25) is 5.95 Å². The van der Waals surface area contributed by atoms with Crippen molar-refractivity contribution in [2.24, 2.45) is 0 Å². The molecule has 3 aromatic heterocycles. The van der Waals surface area contributed by atoms with Crippen molar-refractivity contribution in [3.05, 3.63) is 45.5 Å². The monoisotopic (exact) mass is 397 g/mol. The van der Waals surface area contributed by atoms with Crippen molar-refractivity contribution >= 4 is 23.2 Å². The number of nitrogens with zero attached hydrogens (tertiary/aromatic N) is 5. The Balaban J connectivity index is 1.77. The Bertz CT molecular complexity index is 1010. The van der Waals surface area contributed by atoms with E-state index in [1.807, 2.05) is 55.3 Å². The number of anilines is 1. The molecule has 0 aromatic carbocycles. The molecule has 4 rings (SSSR count). The minimum absolute atomic E-state index is 0.0605. The molecule has 0 N–H and O–H groups in total. The quantitative estimate of drug-likeness (QED) is 0.666. The summed E-state index contributed by atoms with van der Waals surface area (Å²) in [5, 5.41) is 6.01. The van der Waals surface area contributed by atoms with Crippen LogP contribution in [0.3, 0.4) is 0 Å². The standard InChI is InChI=1S/C20H23N5O2S/c1-12-8-17(28-11-12)19(26)25-7-5-6-15(25)18-14(16-9-13(2)23-27-16)10-21-20(22-18)24(3)4/h8-11,15H,5-7H2,1-4H3/t15-/m0/s1. The summed E-state index contributed by atoms with van der Waals surface area (Å²) in [6, 6.07) is 3.72. The molecule has 0 aliphatic carbocycles. The summed E-state index contributed by atoms with van der Waals surface area (Å²) in [6.45, 7) is 4.61. The largest absolute Gasteiger partial charge is 0.356 e. The van der Waals surface area contributed by atoms with Crippen molar-refractivity contribution in [3.63, 3.8) is 0 Å². The van der Waals surface area contributed by atoms with Crippen molar-refractivity contribution in [2.75, 3.05) is 25.5 Å². The second-order valence-corrected chi connectivity index (χ2v) is 8.25.